The lowest BCUT2D eigenvalue weighted by Crippen LogP contribution is -2.14. The first kappa shape index (κ1) is 14.4. The first-order valence-electron chi connectivity index (χ1n) is 5.87. The fraction of sp³-hybridized carbons (Fsp3) is 0.462. The second-order valence-electron chi connectivity index (χ2n) is 4.28. The molecule has 0 saturated carbocycles. The predicted octanol–water partition coefficient (Wildman–Crippen LogP) is 2.99. The molecular weight excluding hydrogens is 327 g/mol. The Labute approximate surface area is 116 Å². The zero-order chi connectivity index (χ0) is 12.7. The lowest BCUT2D eigenvalue weighted by atomic mass is 10.0. The Morgan fingerprint density at radius 3 is 2.88 bits per heavy atom. The van der Waals surface area contributed by atoms with Crippen LogP contribution in [0.4, 0.5) is 5.69 Å². The molecule has 1 rings (SSSR count). The number of hydrogen-bond donors (Lipinski definition) is 2. The van der Waals surface area contributed by atoms with E-state index in [0.717, 1.165) is 22.1 Å². The fourth-order valence-corrected chi connectivity index (χ4v) is 2.14. The standard InChI is InChI=1S/C13H19IN2O/c1-10(7-8-15)5-6-13(17)16-12-4-2-3-11(14)9-12/h2-4,9-10H,5-8,15H2,1H3,(H,16,17). The van der Waals surface area contributed by atoms with Gasteiger partial charge in [0.15, 0.2) is 0 Å². The predicted molar refractivity (Wildman–Crippen MR) is 79.9 cm³/mol. The number of hydrogen-bond acceptors (Lipinski definition) is 2. The molecule has 1 aromatic rings. The normalized spacial score (nSPS) is 12.2. The monoisotopic (exact) mass is 346 g/mol. The lowest BCUT2D eigenvalue weighted by molar-refractivity contribution is -0.116. The quantitative estimate of drug-likeness (QED) is 0.778. The average Bonchev–Trinajstić information content (AvgIpc) is 2.27. The largest absolute Gasteiger partial charge is 0.330 e. The molecule has 1 unspecified atom stereocenters. The number of nitrogens with one attached hydrogen (secondary N) is 1. The van der Waals surface area contributed by atoms with Crippen LogP contribution in [0, 0.1) is 9.49 Å². The van der Waals surface area contributed by atoms with E-state index in [4.69, 9.17) is 5.73 Å². The lowest BCUT2D eigenvalue weighted by Gasteiger charge is -2.10. The van der Waals surface area contributed by atoms with Gasteiger partial charge in [-0.25, -0.2) is 0 Å². The van der Waals surface area contributed by atoms with E-state index >= 15 is 0 Å². The SMILES string of the molecule is CC(CCN)CCC(=O)Nc1cccc(I)c1. The van der Waals surface area contributed by atoms with Gasteiger partial charge in [0.2, 0.25) is 5.91 Å². The first-order valence-corrected chi connectivity index (χ1v) is 6.95. The third-order valence-corrected chi connectivity index (χ3v) is 3.30. The van der Waals surface area contributed by atoms with E-state index in [1.54, 1.807) is 0 Å². The van der Waals surface area contributed by atoms with Gasteiger partial charge in [-0.3, -0.25) is 4.79 Å². The van der Waals surface area contributed by atoms with Gasteiger partial charge in [-0.2, -0.15) is 0 Å². The molecule has 0 bridgehead atoms. The highest BCUT2D eigenvalue weighted by molar-refractivity contribution is 14.1. The molecule has 0 spiro atoms. The Morgan fingerprint density at radius 2 is 2.24 bits per heavy atom. The molecule has 94 valence electrons. The summed E-state index contributed by atoms with van der Waals surface area (Å²) in [5, 5.41) is 2.91. The molecule has 0 aliphatic carbocycles. The summed E-state index contributed by atoms with van der Waals surface area (Å²) in [6.07, 6.45) is 2.44. The molecule has 0 aromatic heterocycles. The molecule has 3 N–H and O–H groups in total. The van der Waals surface area contributed by atoms with Gasteiger partial charge < -0.3 is 11.1 Å². The van der Waals surface area contributed by atoms with Crippen molar-refractivity contribution in [3.8, 4) is 0 Å². The number of nitrogens with two attached hydrogens (primary N) is 1. The van der Waals surface area contributed by atoms with Crippen molar-refractivity contribution < 1.29 is 4.79 Å². The van der Waals surface area contributed by atoms with Crippen LogP contribution in [0.1, 0.15) is 26.2 Å². The number of carbonyl (C=O) groups excluding carboxylic acids is 1. The van der Waals surface area contributed by atoms with Crippen molar-refractivity contribution in [1.82, 2.24) is 0 Å². The number of amides is 1. The van der Waals surface area contributed by atoms with E-state index in [1.165, 1.54) is 0 Å². The van der Waals surface area contributed by atoms with Crippen LogP contribution in [0.25, 0.3) is 0 Å². The summed E-state index contributed by atoms with van der Waals surface area (Å²) in [4.78, 5) is 11.7. The molecule has 1 amide bonds. The van der Waals surface area contributed by atoms with Crippen LogP contribution in [0.5, 0.6) is 0 Å². The number of rotatable bonds is 6. The molecular formula is C13H19IN2O. The first-order chi connectivity index (χ1) is 8.11. The highest BCUT2D eigenvalue weighted by atomic mass is 127. The second kappa shape index (κ2) is 7.66. The van der Waals surface area contributed by atoms with Crippen molar-refractivity contribution in [2.45, 2.75) is 26.2 Å². The molecule has 0 radical (unpaired) electrons. The highest BCUT2D eigenvalue weighted by Gasteiger charge is 2.06. The van der Waals surface area contributed by atoms with E-state index < -0.39 is 0 Å². The Kier molecular flexibility index (Phi) is 6.50. The van der Waals surface area contributed by atoms with Crippen LogP contribution in [-0.2, 0) is 4.79 Å². The van der Waals surface area contributed by atoms with Crippen LogP contribution >= 0.6 is 22.6 Å². The molecule has 0 aliphatic heterocycles. The van der Waals surface area contributed by atoms with Gasteiger partial charge >= 0.3 is 0 Å². The highest BCUT2D eigenvalue weighted by Crippen LogP contribution is 2.14. The van der Waals surface area contributed by atoms with Crippen molar-refractivity contribution in [3.05, 3.63) is 27.8 Å². The van der Waals surface area contributed by atoms with Gasteiger partial charge in [0.25, 0.3) is 0 Å². The molecule has 4 heteroatoms. The summed E-state index contributed by atoms with van der Waals surface area (Å²) in [5.74, 6) is 0.595. The van der Waals surface area contributed by atoms with Crippen molar-refractivity contribution >= 4 is 34.2 Å². The Bertz CT molecular complexity index is 368. The third-order valence-electron chi connectivity index (χ3n) is 2.63. The van der Waals surface area contributed by atoms with Crippen molar-refractivity contribution in [1.29, 1.82) is 0 Å². The maximum atomic E-state index is 11.7. The van der Waals surface area contributed by atoms with E-state index in [9.17, 15) is 4.79 Å². The molecule has 17 heavy (non-hydrogen) atoms. The number of carbonyl (C=O) groups is 1. The Morgan fingerprint density at radius 1 is 1.47 bits per heavy atom. The summed E-state index contributed by atoms with van der Waals surface area (Å²) in [7, 11) is 0. The smallest absolute Gasteiger partial charge is 0.224 e. The van der Waals surface area contributed by atoms with Crippen molar-refractivity contribution in [3.63, 3.8) is 0 Å². The summed E-state index contributed by atoms with van der Waals surface area (Å²) in [5.41, 5.74) is 6.34. The van der Waals surface area contributed by atoms with Gasteiger partial charge in [-0.1, -0.05) is 13.0 Å². The second-order valence-corrected chi connectivity index (χ2v) is 5.53. The number of halogens is 1. The molecule has 0 saturated heterocycles. The van der Waals surface area contributed by atoms with Gasteiger partial charge in [0.05, 0.1) is 0 Å². The van der Waals surface area contributed by atoms with Gasteiger partial charge in [0.1, 0.15) is 0 Å². The summed E-state index contributed by atoms with van der Waals surface area (Å²) >= 11 is 2.23. The van der Waals surface area contributed by atoms with E-state index in [1.807, 2.05) is 24.3 Å². The Hall–Kier alpha value is -0.620. The Balaban J connectivity index is 2.34. The number of anilines is 1. The van der Waals surface area contributed by atoms with Gasteiger partial charge in [0, 0.05) is 15.7 Å². The molecule has 0 fully saturated rings. The molecule has 3 nitrogen and oxygen atoms in total. The van der Waals surface area contributed by atoms with Gasteiger partial charge in [-0.15, -0.1) is 0 Å². The summed E-state index contributed by atoms with van der Waals surface area (Å²) in [6.45, 7) is 2.82. The van der Waals surface area contributed by atoms with Gasteiger partial charge in [-0.05, 0) is 66.1 Å². The fourth-order valence-electron chi connectivity index (χ4n) is 1.60. The zero-order valence-corrected chi connectivity index (χ0v) is 12.2. The average molecular weight is 346 g/mol. The van der Waals surface area contributed by atoms with Crippen molar-refractivity contribution in [2.75, 3.05) is 11.9 Å². The van der Waals surface area contributed by atoms with Crippen LogP contribution in [0.15, 0.2) is 24.3 Å². The van der Waals surface area contributed by atoms with Crippen molar-refractivity contribution in [2.24, 2.45) is 11.7 Å². The maximum absolute atomic E-state index is 11.7. The molecule has 0 heterocycles. The number of benzene rings is 1. The summed E-state index contributed by atoms with van der Waals surface area (Å²) in [6, 6.07) is 7.80. The minimum Gasteiger partial charge on any atom is -0.330 e. The topological polar surface area (TPSA) is 55.1 Å². The van der Waals surface area contributed by atoms with Crippen LogP contribution in [-0.4, -0.2) is 12.5 Å². The minimum absolute atomic E-state index is 0.0795. The van der Waals surface area contributed by atoms with E-state index in [-0.39, 0.29) is 5.91 Å². The van der Waals surface area contributed by atoms with E-state index in [2.05, 4.69) is 34.8 Å². The third kappa shape index (κ3) is 6.02. The molecule has 0 aliphatic rings. The van der Waals surface area contributed by atoms with Crippen LogP contribution in [0.3, 0.4) is 0 Å². The van der Waals surface area contributed by atoms with Crippen LogP contribution in [0.2, 0.25) is 0 Å². The molecule has 1 aromatic carbocycles. The van der Waals surface area contributed by atoms with E-state index in [0.29, 0.717) is 18.9 Å². The summed E-state index contributed by atoms with van der Waals surface area (Å²) < 4.78 is 1.12. The molecule has 1 atom stereocenters. The van der Waals surface area contributed by atoms with Crippen LogP contribution < -0.4 is 11.1 Å². The minimum atomic E-state index is 0.0795. The zero-order valence-electron chi connectivity index (χ0n) is 10.1. The maximum Gasteiger partial charge on any atom is 0.224 e.